The van der Waals surface area contributed by atoms with Crippen LogP contribution < -0.4 is 5.32 Å². The smallest absolute Gasteiger partial charge is 0.179 e. The molecule has 1 N–H and O–H groups in total. The quantitative estimate of drug-likeness (QED) is 0.922. The first-order valence-corrected chi connectivity index (χ1v) is 8.72. The van der Waals surface area contributed by atoms with Crippen molar-refractivity contribution >= 4 is 15.7 Å². The number of rotatable bonds is 5. The van der Waals surface area contributed by atoms with Crippen molar-refractivity contribution in [2.45, 2.75) is 24.7 Å². The van der Waals surface area contributed by atoms with Gasteiger partial charge in [0, 0.05) is 19.0 Å². The number of anilines is 1. The minimum atomic E-state index is -3.28. The van der Waals surface area contributed by atoms with Crippen molar-refractivity contribution in [2.24, 2.45) is 0 Å². The Hall–Kier alpha value is -1.88. The highest BCUT2D eigenvalue weighted by Gasteiger charge is 2.14. The second-order valence-electron chi connectivity index (χ2n) is 5.32. The lowest BCUT2D eigenvalue weighted by Gasteiger charge is -2.15. The molecule has 1 atom stereocenters. The van der Waals surface area contributed by atoms with Gasteiger partial charge >= 0.3 is 0 Å². The molecule has 0 fully saturated rings. The van der Waals surface area contributed by atoms with Crippen molar-refractivity contribution < 1.29 is 8.42 Å². The third-order valence-electron chi connectivity index (χ3n) is 3.36. The van der Waals surface area contributed by atoms with E-state index in [-0.39, 0.29) is 10.8 Å². The Labute approximate surface area is 126 Å². The lowest BCUT2D eigenvalue weighted by molar-refractivity contribution is 0.601. The van der Waals surface area contributed by atoms with Crippen LogP contribution in [0.3, 0.4) is 0 Å². The van der Waals surface area contributed by atoms with Crippen molar-refractivity contribution in [1.82, 2.24) is 4.98 Å². The van der Waals surface area contributed by atoms with Crippen LogP contribution in [0.15, 0.2) is 47.5 Å². The molecule has 1 heterocycles. The third-order valence-corrected chi connectivity index (χ3v) is 4.49. The number of aromatic nitrogens is 1. The Kier molecular flexibility index (Phi) is 4.63. The molecule has 0 aliphatic carbocycles. The van der Waals surface area contributed by atoms with Gasteiger partial charge in [-0.1, -0.05) is 36.8 Å². The first kappa shape index (κ1) is 15.5. The lowest BCUT2D eigenvalue weighted by Crippen LogP contribution is -2.13. The number of sulfone groups is 1. The van der Waals surface area contributed by atoms with Crippen LogP contribution in [0.1, 0.15) is 24.0 Å². The van der Waals surface area contributed by atoms with E-state index >= 15 is 0 Å². The molecule has 2 rings (SSSR count). The third kappa shape index (κ3) is 4.04. The van der Waals surface area contributed by atoms with E-state index in [4.69, 9.17) is 0 Å². The van der Waals surface area contributed by atoms with E-state index < -0.39 is 9.84 Å². The highest BCUT2D eigenvalue weighted by molar-refractivity contribution is 7.90. The molecule has 21 heavy (non-hydrogen) atoms. The fraction of sp³-hybridized carbons (Fsp3) is 0.312. The molecule has 4 nitrogen and oxygen atoms in total. The summed E-state index contributed by atoms with van der Waals surface area (Å²) in [6.07, 6.45) is 2.79. The molecule has 0 bridgehead atoms. The van der Waals surface area contributed by atoms with Crippen molar-refractivity contribution in [1.29, 1.82) is 0 Å². The number of aryl methyl sites for hydroxylation is 1. The van der Waals surface area contributed by atoms with Crippen LogP contribution in [0.2, 0.25) is 0 Å². The summed E-state index contributed by atoms with van der Waals surface area (Å²) in [5.41, 5.74) is 2.44. The first-order valence-electron chi connectivity index (χ1n) is 6.83. The Morgan fingerprint density at radius 1 is 1.24 bits per heavy atom. The maximum absolute atomic E-state index is 11.7. The highest BCUT2D eigenvalue weighted by atomic mass is 32.2. The molecule has 0 aliphatic heterocycles. The van der Waals surface area contributed by atoms with Crippen LogP contribution in [0, 0.1) is 6.92 Å². The number of nitrogens with zero attached hydrogens (tertiary/aromatic N) is 1. The molecule has 0 radical (unpaired) electrons. The predicted molar refractivity (Wildman–Crippen MR) is 85.4 cm³/mol. The molecule has 2 aromatic rings. The van der Waals surface area contributed by atoms with Gasteiger partial charge in [-0.2, -0.15) is 0 Å². The van der Waals surface area contributed by atoms with Crippen LogP contribution in [0.25, 0.3) is 0 Å². The zero-order valence-corrected chi connectivity index (χ0v) is 13.3. The SMILES string of the molecule is Cc1cccc(C(C)CNc2ncccc2S(C)(=O)=O)c1. The van der Waals surface area contributed by atoms with Crippen LogP contribution >= 0.6 is 0 Å². The zero-order valence-electron chi connectivity index (χ0n) is 12.5. The normalized spacial score (nSPS) is 12.9. The van der Waals surface area contributed by atoms with Gasteiger partial charge in [-0.15, -0.1) is 0 Å². The van der Waals surface area contributed by atoms with Crippen LogP contribution in [-0.2, 0) is 9.84 Å². The van der Waals surface area contributed by atoms with E-state index in [1.165, 1.54) is 17.4 Å². The molecule has 1 unspecified atom stereocenters. The molecule has 0 saturated heterocycles. The molecule has 1 aromatic carbocycles. The van der Waals surface area contributed by atoms with Gasteiger partial charge in [0.15, 0.2) is 9.84 Å². The Bertz CT molecular complexity index is 727. The van der Waals surface area contributed by atoms with E-state index in [1.807, 2.05) is 6.07 Å². The lowest BCUT2D eigenvalue weighted by atomic mass is 9.99. The minimum Gasteiger partial charge on any atom is -0.368 e. The van der Waals surface area contributed by atoms with E-state index in [2.05, 4.69) is 42.3 Å². The second-order valence-corrected chi connectivity index (χ2v) is 7.30. The van der Waals surface area contributed by atoms with Gasteiger partial charge in [-0.05, 0) is 30.5 Å². The Morgan fingerprint density at radius 2 is 2.00 bits per heavy atom. The topological polar surface area (TPSA) is 59.1 Å². The summed E-state index contributed by atoms with van der Waals surface area (Å²) in [5, 5.41) is 3.15. The summed E-state index contributed by atoms with van der Waals surface area (Å²) in [6.45, 7) is 4.79. The summed E-state index contributed by atoms with van der Waals surface area (Å²) in [5.74, 6) is 0.679. The monoisotopic (exact) mass is 304 g/mol. The average Bonchev–Trinajstić information content (AvgIpc) is 2.44. The van der Waals surface area contributed by atoms with Gasteiger partial charge in [0.1, 0.15) is 10.7 Å². The van der Waals surface area contributed by atoms with E-state index in [9.17, 15) is 8.42 Å². The molecule has 0 spiro atoms. The van der Waals surface area contributed by atoms with E-state index in [1.54, 1.807) is 18.3 Å². The van der Waals surface area contributed by atoms with Gasteiger partial charge in [-0.25, -0.2) is 13.4 Å². The number of pyridine rings is 1. The maximum atomic E-state index is 11.7. The molecule has 112 valence electrons. The van der Waals surface area contributed by atoms with Gasteiger partial charge in [0.05, 0.1) is 0 Å². The van der Waals surface area contributed by atoms with Crippen LogP contribution in [0.5, 0.6) is 0 Å². The molecule has 0 saturated carbocycles. The van der Waals surface area contributed by atoms with Gasteiger partial charge in [-0.3, -0.25) is 0 Å². The molecular weight excluding hydrogens is 284 g/mol. The molecule has 1 aromatic heterocycles. The average molecular weight is 304 g/mol. The van der Waals surface area contributed by atoms with Crippen molar-refractivity contribution in [3.8, 4) is 0 Å². The summed E-state index contributed by atoms with van der Waals surface area (Å²) in [6, 6.07) is 11.5. The van der Waals surface area contributed by atoms with Crippen molar-refractivity contribution in [2.75, 3.05) is 18.1 Å². The molecule has 0 aliphatic rings. The van der Waals surface area contributed by atoms with Gasteiger partial charge < -0.3 is 5.32 Å². The second kappa shape index (κ2) is 6.26. The Balaban J connectivity index is 2.14. The van der Waals surface area contributed by atoms with Gasteiger partial charge in [0.2, 0.25) is 0 Å². The largest absolute Gasteiger partial charge is 0.368 e. The van der Waals surface area contributed by atoms with E-state index in [0.29, 0.717) is 12.4 Å². The fourth-order valence-electron chi connectivity index (χ4n) is 2.17. The standard InChI is InChI=1S/C16H20N2O2S/c1-12-6-4-7-14(10-12)13(2)11-18-16-15(21(3,19)20)8-5-9-17-16/h4-10,13H,11H2,1-3H3,(H,17,18). The number of hydrogen-bond acceptors (Lipinski definition) is 4. The van der Waals surface area contributed by atoms with E-state index in [0.717, 1.165) is 0 Å². The fourth-order valence-corrected chi connectivity index (χ4v) is 2.97. The summed E-state index contributed by atoms with van der Waals surface area (Å²) < 4.78 is 23.5. The van der Waals surface area contributed by atoms with Crippen LogP contribution in [0.4, 0.5) is 5.82 Å². The zero-order chi connectivity index (χ0) is 15.5. The number of benzene rings is 1. The highest BCUT2D eigenvalue weighted by Crippen LogP contribution is 2.21. The van der Waals surface area contributed by atoms with Crippen molar-refractivity contribution in [3.63, 3.8) is 0 Å². The predicted octanol–water partition coefficient (Wildman–Crippen LogP) is 3.01. The summed E-state index contributed by atoms with van der Waals surface area (Å²) >= 11 is 0. The summed E-state index contributed by atoms with van der Waals surface area (Å²) in [4.78, 5) is 4.38. The molecule has 0 amide bonds. The van der Waals surface area contributed by atoms with Crippen LogP contribution in [-0.4, -0.2) is 26.2 Å². The Morgan fingerprint density at radius 3 is 2.67 bits per heavy atom. The maximum Gasteiger partial charge on any atom is 0.179 e. The number of hydrogen-bond donors (Lipinski definition) is 1. The van der Waals surface area contributed by atoms with Gasteiger partial charge in [0.25, 0.3) is 0 Å². The molecular formula is C16H20N2O2S. The first-order chi connectivity index (χ1) is 9.88. The van der Waals surface area contributed by atoms with Crippen molar-refractivity contribution in [3.05, 3.63) is 53.7 Å². The molecule has 5 heteroatoms. The minimum absolute atomic E-state index is 0.237. The number of nitrogens with one attached hydrogen (secondary N) is 1. The summed E-state index contributed by atoms with van der Waals surface area (Å²) in [7, 11) is -3.28.